The van der Waals surface area contributed by atoms with Crippen LogP contribution in [-0.2, 0) is 11.3 Å². The summed E-state index contributed by atoms with van der Waals surface area (Å²) in [4.78, 5) is 20.7. The first-order valence-electron chi connectivity index (χ1n) is 8.47. The fourth-order valence-electron chi connectivity index (χ4n) is 2.91. The van der Waals surface area contributed by atoms with Gasteiger partial charge in [0.15, 0.2) is 0 Å². The Morgan fingerprint density at radius 2 is 2.25 bits per heavy atom. The largest absolute Gasteiger partial charge is 0.360 e. The van der Waals surface area contributed by atoms with Gasteiger partial charge in [-0.25, -0.2) is 13.8 Å². The van der Waals surface area contributed by atoms with Crippen LogP contribution in [0.4, 0.5) is 14.6 Å². The molecule has 0 spiro atoms. The van der Waals surface area contributed by atoms with Crippen molar-refractivity contribution >= 4 is 11.7 Å². The van der Waals surface area contributed by atoms with Crippen LogP contribution in [0.25, 0.3) is 0 Å². The van der Waals surface area contributed by atoms with Crippen molar-refractivity contribution in [3.8, 4) is 0 Å². The van der Waals surface area contributed by atoms with E-state index in [1.54, 1.807) is 0 Å². The number of rotatable bonds is 7. The van der Waals surface area contributed by atoms with E-state index in [1.807, 2.05) is 30.3 Å². The summed E-state index contributed by atoms with van der Waals surface area (Å²) >= 11 is 0. The van der Waals surface area contributed by atoms with Crippen molar-refractivity contribution in [2.45, 2.75) is 45.2 Å². The van der Waals surface area contributed by atoms with Crippen LogP contribution < -0.4 is 10.2 Å². The lowest BCUT2D eigenvalue weighted by Crippen LogP contribution is -2.49. The highest BCUT2D eigenvalue weighted by molar-refractivity contribution is 5.81. The maximum atomic E-state index is 12.3. The first-order chi connectivity index (χ1) is 11.5. The number of amides is 1. The Bertz CT molecular complexity index is 524. The molecule has 0 radical (unpaired) electrons. The molecule has 5 nitrogen and oxygen atoms in total. The molecule has 24 heavy (non-hydrogen) atoms. The molecule has 1 saturated heterocycles. The fourth-order valence-corrected chi connectivity index (χ4v) is 2.91. The Morgan fingerprint density at radius 1 is 1.46 bits per heavy atom. The highest BCUT2D eigenvalue weighted by atomic mass is 19.3. The fraction of sp³-hybridized carbons (Fsp3) is 0.647. The highest BCUT2D eigenvalue weighted by Crippen LogP contribution is 2.20. The van der Waals surface area contributed by atoms with Gasteiger partial charge in [0.2, 0.25) is 5.91 Å². The lowest BCUT2D eigenvalue weighted by Gasteiger charge is -2.34. The first kappa shape index (κ1) is 18.6. The van der Waals surface area contributed by atoms with Gasteiger partial charge >= 0.3 is 0 Å². The molecule has 0 saturated carbocycles. The minimum Gasteiger partial charge on any atom is -0.360 e. The van der Waals surface area contributed by atoms with E-state index in [4.69, 9.17) is 0 Å². The standard InChI is InChI=1S/C17H26F2N4O/c1-3-22(2)16-8-7-13(10-20-16)12-23-9-5-4-6-14(23)17(24)21-11-15(18)19/h7-8,10,14-15H,3-6,9,11-12H2,1-2H3,(H,21,24)/t14-/m0/s1. The second-order valence-corrected chi connectivity index (χ2v) is 6.16. The van der Waals surface area contributed by atoms with Gasteiger partial charge in [0.1, 0.15) is 5.82 Å². The molecule has 1 aromatic rings. The molecular weight excluding hydrogens is 314 g/mol. The third-order valence-electron chi connectivity index (χ3n) is 4.41. The Morgan fingerprint density at radius 3 is 2.88 bits per heavy atom. The van der Waals surface area contributed by atoms with Gasteiger partial charge in [-0.05, 0) is 37.9 Å². The minimum absolute atomic E-state index is 0.301. The van der Waals surface area contributed by atoms with Crippen LogP contribution >= 0.6 is 0 Å². The Labute approximate surface area is 142 Å². The summed E-state index contributed by atoms with van der Waals surface area (Å²) in [6, 6.07) is 3.64. The Kier molecular flexibility index (Phi) is 6.90. The SMILES string of the molecule is CCN(C)c1ccc(CN2CCCC[C@H]2C(=O)NCC(F)F)cn1. The van der Waals surface area contributed by atoms with Crippen LogP contribution in [0.2, 0.25) is 0 Å². The average molecular weight is 340 g/mol. The number of halogens is 2. The molecule has 1 aromatic heterocycles. The topological polar surface area (TPSA) is 48.5 Å². The molecule has 1 N–H and O–H groups in total. The summed E-state index contributed by atoms with van der Waals surface area (Å²) in [7, 11) is 1.98. The normalized spacial score (nSPS) is 18.6. The van der Waals surface area contributed by atoms with Gasteiger partial charge in [0.25, 0.3) is 6.43 Å². The smallest absolute Gasteiger partial charge is 0.255 e. The molecule has 0 aromatic carbocycles. The van der Waals surface area contributed by atoms with E-state index in [0.29, 0.717) is 13.0 Å². The zero-order valence-electron chi connectivity index (χ0n) is 14.3. The number of carbonyl (C=O) groups is 1. The zero-order chi connectivity index (χ0) is 17.5. The molecule has 134 valence electrons. The zero-order valence-corrected chi connectivity index (χ0v) is 14.3. The lowest BCUT2D eigenvalue weighted by atomic mass is 10.0. The summed E-state index contributed by atoms with van der Waals surface area (Å²) in [5.74, 6) is 0.608. The third kappa shape index (κ3) is 5.12. The summed E-state index contributed by atoms with van der Waals surface area (Å²) in [5, 5.41) is 2.35. The molecule has 7 heteroatoms. The van der Waals surface area contributed by atoms with Crippen LogP contribution in [0.15, 0.2) is 18.3 Å². The van der Waals surface area contributed by atoms with Crippen LogP contribution in [0.3, 0.4) is 0 Å². The second-order valence-electron chi connectivity index (χ2n) is 6.16. The number of aromatic nitrogens is 1. The third-order valence-corrected chi connectivity index (χ3v) is 4.41. The van der Waals surface area contributed by atoms with Crippen LogP contribution in [0.1, 0.15) is 31.7 Å². The van der Waals surface area contributed by atoms with E-state index in [0.717, 1.165) is 37.3 Å². The van der Waals surface area contributed by atoms with E-state index in [9.17, 15) is 13.6 Å². The van der Waals surface area contributed by atoms with Gasteiger partial charge in [0, 0.05) is 26.3 Å². The van der Waals surface area contributed by atoms with Crippen molar-refractivity contribution in [2.24, 2.45) is 0 Å². The van der Waals surface area contributed by atoms with Gasteiger partial charge < -0.3 is 10.2 Å². The van der Waals surface area contributed by atoms with Crippen LogP contribution in [0.5, 0.6) is 0 Å². The maximum absolute atomic E-state index is 12.3. The number of hydrogen-bond acceptors (Lipinski definition) is 4. The Hall–Kier alpha value is -1.76. The molecule has 1 aliphatic rings. The number of likely N-dealkylation sites (tertiary alicyclic amines) is 1. The molecular formula is C17H26F2N4O. The van der Waals surface area contributed by atoms with E-state index >= 15 is 0 Å². The van der Waals surface area contributed by atoms with Crippen molar-refractivity contribution in [1.82, 2.24) is 15.2 Å². The molecule has 0 bridgehead atoms. The first-order valence-corrected chi connectivity index (χ1v) is 8.47. The summed E-state index contributed by atoms with van der Waals surface area (Å²) < 4.78 is 24.6. The van der Waals surface area contributed by atoms with E-state index < -0.39 is 13.0 Å². The highest BCUT2D eigenvalue weighted by Gasteiger charge is 2.28. The predicted molar refractivity (Wildman–Crippen MR) is 90.2 cm³/mol. The number of hydrogen-bond donors (Lipinski definition) is 1. The molecule has 1 aliphatic heterocycles. The van der Waals surface area contributed by atoms with Crippen molar-refractivity contribution < 1.29 is 13.6 Å². The number of piperidine rings is 1. The lowest BCUT2D eigenvalue weighted by molar-refractivity contribution is -0.128. The van der Waals surface area contributed by atoms with Crippen LogP contribution in [-0.4, -0.2) is 54.9 Å². The number of alkyl halides is 2. The Balaban J connectivity index is 1.98. The summed E-state index contributed by atoms with van der Waals surface area (Å²) in [6.07, 6.45) is 1.98. The number of nitrogens with zero attached hydrogens (tertiary/aromatic N) is 3. The number of nitrogens with one attached hydrogen (secondary N) is 1. The number of pyridine rings is 1. The monoisotopic (exact) mass is 340 g/mol. The minimum atomic E-state index is -2.52. The molecule has 1 atom stereocenters. The quantitative estimate of drug-likeness (QED) is 0.827. The van der Waals surface area contributed by atoms with Gasteiger partial charge in [-0.1, -0.05) is 12.5 Å². The van der Waals surface area contributed by atoms with E-state index in [1.165, 1.54) is 0 Å². The van der Waals surface area contributed by atoms with Gasteiger partial charge in [-0.2, -0.15) is 0 Å². The van der Waals surface area contributed by atoms with Gasteiger partial charge in [-0.3, -0.25) is 9.69 Å². The van der Waals surface area contributed by atoms with Gasteiger partial charge in [0.05, 0.1) is 12.6 Å². The predicted octanol–water partition coefficient (Wildman–Crippen LogP) is 2.27. The summed E-state index contributed by atoms with van der Waals surface area (Å²) in [6.45, 7) is 3.76. The van der Waals surface area contributed by atoms with E-state index in [-0.39, 0.29) is 11.9 Å². The molecule has 2 rings (SSSR count). The average Bonchev–Trinajstić information content (AvgIpc) is 2.60. The number of anilines is 1. The molecule has 0 unspecified atom stereocenters. The maximum Gasteiger partial charge on any atom is 0.255 e. The van der Waals surface area contributed by atoms with E-state index in [2.05, 4.69) is 22.1 Å². The van der Waals surface area contributed by atoms with Crippen molar-refractivity contribution in [3.05, 3.63) is 23.9 Å². The number of carbonyl (C=O) groups excluding carboxylic acids is 1. The van der Waals surface area contributed by atoms with Crippen LogP contribution in [0, 0.1) is 0 Å². The van der Waals surface area contributed by atoms with Crippen molar-refractivity contribution in [3.63, 3.8) is 0 Å². The van der Waals surface area contributed by atoms with Crippen molar-refractivity contribution in [2.75, 3.05) is 31.6 Å². The molecule has 1 amide bonds. The molecule has 1 fully saturated rings. The molecule has 2 heterocycles. The summed E-state index contributed by atoms with van der Waals surface area (Å²) in [5.41, 5.74) is 1.02. The molecule has 0 aliphatic carbocycles. The van der Waals surface area contributed by atoms with Crippen molar-refractivity contribution in [1.29, 1.82) is 0 Å². The van der Waals surface area contributed by atoms with Gasteiger partial charge in [-0.15, -0.1) is 0 Å². The second kappa shape index (κ2) is 8.92.